The molecule has 1 heterocycles. The Hall–Kier alpha value is -2.04. The number of aryl methyl sites for hydroxylation is 1. The monoisotopic (exact) mass is 303 g/mol. The van der Waals surface area contributed by atoms with E-state index in [1.807, 2.05) is 57.7 Å². The van der Waals surface area contributed by atoms with Crippen LogP contribution in [0.5, 0.6) is 0 Å². The number of carbonyl (C=O) groups excluding carboxylic acids is 2. The third-order valence-corrected chi connectivity index (χ3v) is 4.12. The van der Waals surface area contributed by atoms with Crippen LogP contribution in [0.25, 0.3) is 0 Å². The van der Waals surface area contributed by atoms with Gasteiger partial charge in [-0.25, -0.2) is 4.79 Å². The van der Waals surface area contributed by atoms with E-state index in [1.165, 1.54) is 0 Å². The maximum Gasteiger partial charge on any atom is 0.319 e. The molecule has 22 heavy (non-hydrogen) atoms. The number of benzene rings is 1. The Balaban J connectivity index is 1.96. The van der Waals surface area contributed by atoms with E-state index in [0.717, 1.165) is 16.8 Å². The third-order valence-electron chi connectivity index (χ3n) is 4.12. The second-order valence-electron chi connectivity index (χ2n) is 6.92. The molecule has 3 amide bonds. The highest BCUT2D eigenvalue weighted by atomic mass is 16.2. The second kappa shape index (κ2) is 5.99. The molecule has 2 N–H and O–H groups in total. The largest absolute Gasteiger partial charge is 0.336 e. The number of nitrogens with zero attached hydrogens (tertiary/aromatic N) is 1. The van der Waals surface area contributed by atoms with E-state index in [4.69, 9.17) is 0 Å². The number of nitrogens with one attached hydrogen (secondary N) is 2. The summed E-state index contributed by atoms with van der Waals surface area (Å²) in [5.41, 5.74) is 2.77. The molecule has 2 rings (SSSR count). The smallest absolute Gasteiger partial charge is 0.319 e. The van der Waals surface area contributed by atoms with Crippen LogP contribution in [0.2, 0.25) is 0 Å². The zero-order valence-electron chi connectivity index (χ0n) is 14.0. The van der Waals surface area contributed by atoms with Crippen molar-refractivity contribution in [2.24, 2.45) is 0 Å². The van der Waals surface area contributed by atoms with Crippen LogP contribution < -0.4 is 10.6 Å². The lowest BCUT2D eigenvalue weighted by atomic mass is 10.1. The summed E-state index contributed by atoms with van der Waals surface area (Å²) >= 11 is 0. The van der Waals surface area contributed by atoms with Crippen molar-refractivity contribution in [2.75, 3.05) is 11.9 Å². The molecule has 1 aromatic rings. The Morgan fingerprint density at radius 2 is 1.95 bits per heavy atom. The maximum atomic E-state index is 12.1. The Morgan fingerprint density at radius 1 is 1.27 bits per heavy atom. The van der Waals surface area contributed by atoms with Crippen molar-refractivity contribution in [3.05, 3.63) is 29.3 Å². The molecule has 5 nitrogen and oxygen atoms in total. The van der Waals surface area contributed by atoms with Crippen LogP contribution in [0.1, 0.15) is 38.3 Å². The van der Waals surface area contributed by atoms with E-state index in [1.54, 1.807) is 0 Å². The van der Waals surface area contributed by atoms with Crippen molar-refractivity contribution >= 4 is 17.6 Å². The van der Waals surface area contributed by atoms with Crippen LogP contribution in [0.3, 0.4) is 0 Å². The number of likely N-dealkylation sites (tertiary alicyclic amines) is 1. The number of anilines is 1. The molecular formula is C17H25N3O2. The van der Waals surface area contributed by atoms with Crippen molar-refractivity contribution in [3.8, 4) is 0 Å². The van der Waals surface area contributed by atoms with Crippen molar-refractivity contribution in [1.82, 2.24) is 10.2 Å². The summed E-state index contributed by atoms with van der Waals surface area (Å²) < 4.78 is 0. The van der Waals surface area contributed by atoms with Crippen LogP contribution in [0.4, 0.5) is 10.5 Å². The topological polar surface area (TPSA) is 61.4 Å². The van der Waals surface area contributed by atoms with Gasteiger partial charge in [-0.15, -0.1) is 0 Å². The molecule has 0 aromatic heterocycles. The molecule has 1 aliphatic rings. The van der Waals surface area contributed by atoms with Gasteiger partial charge in [0.2, 0.25) is 5.91 Å². The number of rotatable bonds is 2. The minimum Gasteiger partial charge on any atom is -0.336 e. The molecular weight excluding hydrogens is 278 g/mol. The van der Waals surface area contributed by atoms with Crippen LogP contribution in [0, 0.1) is 13.8 Å². The first-order valence-corrected chi connectivity index (χ1v) is 7.62. The fourth-order valence-corrected chi connectivity index (χ4v) is 2.68. The van der Waals surface area contributed by atoms with Crippen molar-refractivity contribution in [1.29, 1.82) is 0 Å². The molecule has 0 radical (unpaired) electrons. The zero-order valence-corrected chi connectivity index (χ0v) is 14.0. The predicted molar refractivity (Wildman–Crippen MR) is 87.9 cm³/mol. The average Bonchev–Trinajstić information content (AvgIpc) is 2.75. The summed E-state index contributed by atoms with van der Waals surface area (Å²) in [6.07, 6.45) is 0.359. The molecule has 1 aliphatic heterocycles. The Labute approximate surface area is 132 Å². The molecule has 120 valence electrons. The summed E-state index contributed by atoms with van der Waals surface area (Å²) in [6, 6.07) is 5.40. The van der Waals surface area contributed by atoms with Crippen molar-refractivity contribution in [3.63, 3.8) is 0 Å². The van der Waals surface area contributed by atoms with Crippen LogP contribution in [-0.4, -0.2) is 35.0 Å². The van der Waals surface area contributed by atoms with E-state index < -0.39 is 0 Å². The van der Waals surface area contributed by atoms with E-state index >= 15 is 0 Å². The van der Waals surface area contributed by atoms with Gasteiger partial charge in [0, 0.05) is 24.2 Å². The van der Waals surface area contributed by atoms with Gasteiger partial charge in [0.05, 0.1) is 6.04 Å². The molecule has 5 heteroatoms. The van der Waals surface area contributed by atoms with Gasteiger partial charge < -0.3 is 15.5 Å². The first-order valence-electron chi connectivity index (χ1n) is 7.62. The first kappa shape index (κ1) is 16.3. The van der Waals surface area contributed by atoms with E-state index in [0.29, 0.717) is 13.0 Å². The summed E-state index contributed by atoms with van der Waals surface area (Å²) in [7, 11) is 0. The molecule has 0 bridgehead atoms. The highest BCUT2D eigenvalue weighted by molar-refractivity contribution is 5.91. The fraction of sp³-hybridized carbons (Fsp3) is 0.529. The Kier molecular flexibility index (Phi) is 4.44. The predicted octanol–water partition coefficient (Wildman–Crippen LogP) is 2.82. The highest BCUT2D eigenvalue weighted by Crippen LogP contribution is 2.22. The van der Waals surface area contributed by atoms with Crippen molar-refractivity contribution < 1.29 is 9.59 Å². The lowest BCUT2D eigenvalue weighted by molar-refractivity contribution is -0.131. The summed E-state index contributed by atoms with van der Waals surface area (Å²) in [6.45, 7) is 10.6. The number of carbonyl (C=O) groups is 2. The minimum absolute atomic E-state index is 0.0875. The van der Waals surface area contributed by atoms with Crippen LogP contribution in [0.15, 0.2) is 18.2 Å². The van der Waals surface area contributed by atoms with Gasteiger partial charge in [-0.1, -0.05) is 12.1 Å². The Bertz CT molecular complexity index is 590. The lowest BCUT2D eigenvalue weighted by Crippen LogP contribution is -2.45. The Morgan fingerprint density at radius 3 is 2.55 bits per heavy atom. The van der Waals surface area contributed by atoms with Crippen LogP contribution in [-0.2, 0) is 4.79 Å². The number of hydrogen-bond donors (Lipinski definition) is 2. The van der Waals surface area contributed by atoms with E-state index in [9.17, 15) is 9.59 Å². The molecule has 1 fully saturated rings. The third kappa shape index (κ3) is 3.59. The number of amides is 3. The molecule has 0 aliphatic carbocycles. The fourth-order valence-electron chi connectivity index (χ4n) is 2.68. The molecule has 1 atom stereocenters. The molecule has 0 spiro atoms. The molecule has 0 saturated carbocycles. The van der Waals surface area contributed by atoms with Gasteiger partial charge in [-0.3, -0.25) is 4.79 Å². The van der Waals surface area contributed by atoms with Gasteiger partial charge >= 0.3 is 6.03 Å². The van der Waals surface area contributed by atoms with Gasteiger partial charge in [0.1, 0.15) is 0 Å². The lowest BCUT2D eigenvalue weighted by Gasteiger charge is -2.32. The molecule has 1 unspecified atom stereocenters. The van der Waals surface area contributed by atoms with E-state index in [2.05, 4.69) is 10.6 Å². The zero-order chi connectivity index (χ0) is 16.5. The molecule has 1 aromatic carbocycles. The highest BCUT2D eigenvalue weighted by Gasteiger charge is 2.36. The summed E-state index contributed by atoms with van der Waals surface area (Å²) in [4.78, 5) is 26.0. The SMILES string of the molecule is Cc1cccc(NC(=O)NC2CC(=O)N(C(C)(C)C)C2)c1C. The molecule has 1 saturated heterocycles. The number of hydrogen-bond acceptors (Lipinski definition) is 2. The second-order valence-corrected chi connectivity index (χ2v) is 6.92. The average molecular weight is 303 g/mol. The van der Waals surface area contributed by atoms with E-state index in [-0.39, 0.29) is 23.5 Å². The summed E-state index contributed by atoms with van der Waals surface area (Å²) in [5.74, 6) is 0.0875. The first-order chi connectivity index (χ1) is 10.2. The standard InChI is InChI=1S/C17H25N3O2/c1-11-7-6-8-14(12(11)2)19-16(22)18-13-9-15(21)20(10-13)17(3,4)5/h6-8,13H,9-10H2,1-5H3,(H2,18,19,22). The van der Waals surface area contributed by atoms with Gasteiger partial charge in [-0.05, 0) is 51.8 Å². The minimum atomic E-state index is -0.262. The van der Waals surface area contributed by atoms with Crippen LogP contribution >= 0.6 is 0 Å². The quantitative estimate of drug-likeness (QED) is 0.882. The summed E-state index contributed by atoms with van der Waals surface area (Å²) in [5, 5.41) is 5.76. The maximum absolute atomic E-state index is 12.1. The van der Waals surface area contributed by atoms with Gasteiger partial charge in [-0.2, -0.15) is 0 Å². The van der Waals surface area contributed by atoms with Gasteiger partial charge in [0.25, 0.3) is 0 Å². The number of urea groups is 1. The normalized spacial score (nSPS) is 18.5. The van der Waals surface area contributed by atoms with Gasteiger partial charge in [0.15, 0.2) is 0 Å². The van der Waals surface area contributed by atoms with Crippen molar-refractivity contribution in [2.45, 2.75) is 52.6 Å².